The first-order valence-corrected chi connectivity index (χ1v) is 8.92. The summed E-state index contributed by atoms with van der Waals surface area (Å²) in [5, 5.41) is 4.72. The molecule has 0 N–H and O–H groups in total. The van der Waals surface area contributed by atoms with E-state index < -0.39 is 0 Å². The molecule has 2 aromatic rings. The van der Waals surface area contributed by atoms with Gasteiger partial charge in [-0.1, -0.05) is 41.0 Å². The van der Waals surface area contributed by atoms with Crippen LogP contribution in [0.3, 0.4) is 0 Å². The van der Waals surface area contributed by atoms with Crippen molar-refractivity contribution in [3.8, 4) is 0 Å². The first-order valence-electron chi connectivity index (χ1n) is 8.55. The minimum Gasteiger partial charge on any atom is -0.390 e. The Labute approximate surface area is 162 Å². The predicted octanol–water partition coefficient (Wildman–Crippen LogP) is 3.65. The lowest BCUT2D eigenvalue weighted by atomic mass is 10.0. The van der Waals surface area contributed by atoms with Crippen LogP contribution in [0.2, 0.25) is 5.02 Å². The Morgan fingerprint density at radius 3 is 2.81 bits per heavy atom. The van der Waals surface area contributed by atoms with Crippen molar-refractivity contribution in [3.05, 3.63) is 70.5 Å². The highest BCUT2D eigenvalue weighted by molar-refractivity contribution is 6.30. The number of nitrogens with zero attached hydrogens (tertiary/aromatic N) is 2. The third kappa shape index (κ3) is 5.28. The van der Waals surface area contributed by atoms with Crippen molar-refractivity contribution in [2.45, 2.75) is 19.1 Å². The molecule has 1 aliphatic rings. The normalized spacial score (nSPS) is 16.0. The highest BCUT2D eigenvalue weighted by atomic mass is 35.5. The summed E-state index contributed by atoms with van der Waals surface area (Å²) in [6, 6.07) is 13.5. The van der Waals surface area contributed by atoms with Gasteiger partial charge in [0, 0.05) is 25.1 Å². The molecule has 0 saturated heterocycles. The number of rotatable bonds is 7. The summed E-state index contributed by atoms with van der Waals surface area (Å²) in [5.74, 6) is -0.441. The zero-order valence-electron chi connectivity index (χ0n) is 14.9. The zero-order valence-corrected chi connectivity index (χ0v) is 15.7. The molecule has 3 rings (SSSR count). The standard InChI is InChI=1S/C20H20ClFN2O3/c1-26-13-20(25)24(11-14-3-2-4-16(21)9-14)12-18-10-19(23-27-18)15-5-7-17(22)8-6-15/h2-9,18H,10-13H2,1H3/t18-/m1/s1. The summed E-state index contributed by atoms with van der Waals surface area (Å²) < 4.78 is 18.1. The van der Waals surface area contributed by atoms with E-state index in [2.05, 4.69) is 5.16 Å². The van der Waals surface area contributed by atoms with Gasteiger partial charge in [-0.3, -0.25) is 4.79 Å². The molecule has 2 aromatic carbocycles. The van der Waals surface area contributed by atoms with Gasteiger partial charge in [0.25, 0.3) is 0 Å². The lowest BCUT2D eigenvalue weighted by Crippen LogP contribution is -2.39. The fraction of sp³-hybridized carbons (Fsp3) is 0.300. The van der Waals surface area contributed by atoms with Crippen LogP contribution < -0.4 is 0 Å². The number of amides is 1. The fourth-order valence-corrected chi connectivity index (χ4v) is 3.12. The van der Waals surface area contributed by atoms with Gasteiger partial charge in [0.15, 0.2) is 6.10 Å². The van der Waals surface area contributed by atoms with Crippen LogP contribution in [0.5, 0.6) is 0 Å². The number of methoxy groups -OCH3 is 1. The smallest absolute Gasteiger partial charge is 0.248 e. The van der Waals surface area contributed by atoms with Gasteiger partial charge in [-0.05, 0) is 35.4 Å². The summed E-state index contributed by atoms with van der Waals surface area (Å²) in [5.41, 5.74) is 2.47. The number of halogens is 2. The Hall–Kier alpha value is -2.44. The molecule has 0 saturated carbocycles. The molecular weight excluding hydrogens is 371 g/mol. The molecule has 5 nitrogen and oxygen atoms in total. The first kappa shape index (κ1) is 19.3. The van der Waals surface area contributed by atoms with Crippen LogP contribution in [0, 0.1) is 5.82 Å². The number of ether oxygens (including phenoxy) is 1. The third-order valence-electron chi connectivity index (χ3n) is 4.22. The summed E-state index contributed by atoms with van der Waals surface area (Å²) in [7, 11) is 1.48. The maximum Gasteiger partial charge on any atom is 0.248 e. The molecule has 0 radical (unpaired) electrons. The summed E-state index contributed by atoms with van der Waals surface area (Å²) in [6.07, 6.45) is 0.267. The molecule has 142 valence electrons. The van der Waals surface area contributed by atoms with Crippen molar-refractivity contribution in [2.24, 2.45) is 5.16 Å². The van der Waals surface area contributed by atoms with Gasteiger partial charge in [-0.15, -0.1) is 0 Å². The molecule has 0 fully saturated rings. The molecule has 0 aliphatic carbocycles. The van der Waals surface area contributed by atoms with Crippen molar-refractivity contribution in [3.63, 3.8) is 0 Å². The van der Waals surface area contributed by atoms with E-state index in [4.69, 9.17) is 21.2 Å². The second-order valence-corrected chi connectivity index (χ2v) is 6.75. The van der Waals surface area contributed by atoms with E-state index in [9.17, 15) is 9.18 Å². The number of carbonyl (C=O) groups is 1. The Morgan fingerprint density at radius 2 is 2.11 bits per heavy atom. The summed E-state index contributed by atoms with van der Waals surface area (Å²) in [4.78, 5) is 19.6. The Kier molecular flexibility index (Phi) is 6.42. The lowest BCUT2D eigenvalue weighted by molar-refractivity contribution is -0.137. The molecule has 0 unspecified atom stereocenters. The molecule has 1 aliphatic heterocycles. The second-order valence-electron chi connectivity index (χ2n) is 6.31. The van der Waals surface area contributed by atoms with Crippen LogP contribution in [0.15, 0.2) is 53.7 Å². The van der Waals surface area contributed by atoms with Crippen molar-refractivity contribution in [1.82, 2.24) is 4.90 Å². The minimum atomic E-state index is -0.298. The van der Waals surface area contributed by atoms with E-state index in [0.29, 0.717) is 24.5 Å². The molecule has 7 heteroatoms. The molecule has 1 amide bonds. The quantitative estimate of drug-likeness (QED) is 0.725. The number of oxime groups is 1. The average molecular weight is 391 g/mol. The fourth-order valence-electron chi connectivity index (χ4n) is 2.91. The highest BCUT2D eigenvalue weighted by Crippen LogP contribution is 2.20. The van der Waals surface area contributed by atoms with Crippen LogP contribution in [-0.4, -0.2) is 42.9 Å². The van der Waals surface area contributed by atoms with E-state index in [1.54, 1.807) is 23.1 Å². The van der Waals surface area contributed by atoms with Crippen molar-refractivity contribution in [2.75, 3.05) is 20.3 Å². The molecule has 1 heterocycles. The van der Waals surface area contributed by atoms with Gasteiger partial charge in [-0.2, -0.15) is 0 Å². The van der Waals surface area contributed by atoms with Crippen LogP contribution in [0.4, 0.5) is 4.39 Å². The van der Waals surface area contributed by atoms with Gasteiger partial charge in [0.05, 0.1) is 12.3 Å². The zero-order chi connectivity index (χ0) is 19.2. The number of hydrogen-bond acceptors (Lipinski definition) is 4. The SMILES string of the molecule is COCC(=O)N(Cc1cccc(Cl)c1)C[C@H]1CC(c2ccc(F)cc2)=NO1. The largest absolute Gasteiger partial charge is 0.390 e. The Balaban J connectivity index is 1.66. The van der Waals surface area contributed by atoms with Gasteiger partial charge < -0.3 is 14.5 Å². The minimum absolute atomic E-state index is 0.0149. The number of benzene rings is 2. The van der Waals surface area contributed by atoms with E-state index in [0.717, 1.165) is 16.8 Å². The maximum absolute atomic E-state index is 13.1. The van der Waals surface area contributed by atoms with Crippen LogP contribution in [0.25, 0.3) is 0 Å². The monoisotopic (exact) mass is 390 g/mol. The number of carbonyl (C=O) groups excluding carboxylic acids is 1. The number of hydrogen-bond donors (Lipinski definition) is 0. The van der Waals surface area contributed by atoms with Crippen LogP contribution >= 0.6 is 11.6 Å². The predicted molar refractivity (Wildman–Crippen MR) is 101 cm³/mol. The third-order valence-corrected chi connectivity index (χ3v) is 4.45. The van der Waals surface area contributed by atoms with Crippen LogP contribution in [0.1, 0.15) is 17.5 Å². The van der Waals surface area contributed by atoms with Crippen molar-refractivity contribution >= 4 is 23.2 Å². The van der Waals surface area contributed by atoms with Crippen LogP contribution in [-0.2, 0) is 20.9 Å². The summed E-state index contributed by atoms with van der Waals surface area (Å²) >= 11 is 6.04. The van der Waals surface area contributed by atoms with Gasteiger partial charge in [0.2, 0.25) is 5.91 Å². The molecule has 0 aromatic heterocycles. The van der Waals surface area contributed by atoms with E-state index >= 15 is 0 Å². The Morgan fingerprint density at radius 1 is 1.33 bits per heavy atom. The Bertz CT molecular complexity index is 826. The van der Waals surface area contributed by atoms with Crippen molar-refractivity contribution < 1.29 is 18.8 Å². The second kappa shape index (κ2) is 8.97. The van der Waals surface area contributed by atoms with Gasteiger partial charge in [-0.25, -0.2) is 4.39 Å². The molecular formula is C20H20ClFN2O3. The van der Waals surface area contributed by atoms with Crippen molar-refractivity contribution in [1.29, 1.82) is 0 Å². The molecule has 1 atom stereocenters. The lowest BCUT2D eigenvalue weighted by Gasteiger charge is -2.25. The average Bonchev–Trinajstić information content (AvgIpc) is 3.10. The topological polar surface area (TPSA) is 51.1 Å². The maximum atomic E-state index is 13.1. The summed E-state index contributed by atoms with van der Waals surface area (Å²) in [6.45, 7) is 0.746. The van der Waals surface area contributed by atoms with Gasteiger partial charge >= 0.3 is 0 Å². The molecule has 0 spiro atoms. The molecule has 27 heavy (non-hydrogen) atoms. The molecule has 0 bridgehead atoms. The first-order chi connectivity index (χ1) is 13.0. The van der Waals surface area contributed by atoms with E-state index in [1.165, 1.54) is 19.2 Å². The van der Waals surface area contributed by atoms with Gasteiger partial charge in [0.1, 0.15) is 12.4 Å². The van der Waals surface area contributed by atoms with E-state index in [1.807, 2.05) is 18.2 Å². The highest BCUT2D eigenvalue weighted by Gasteiger charge is 2.27. The van der Waals surface area contributed by atoms with E-state index in [-0.39, 0.29) is 24.4 Å².